The molecule has 0 fully saturated rings. The first-order valence-electron chi connectivity index (χ1n) is 9.25. The Morgan fingerprint density at radius 2 is 2.10 bits per heavy atom. The number of hydrogen-bond acceptors (Lipinski definition) is 5. The van der Waals surface area contributed by atoms with Crippen LogP contribution in [0.25, 0.3) is 22.2 Å². The van der Waals surface area contributed by atoms with Crippen molar-refractivity contribution in [3.63, 3.8) is 0 Å². The molecule has 1 N–H and O–H groups in total. The Labute approximate surface area is 171 Å². The summed E-state index contributed by atoms with van der Waals surface area (Å²) in [6.45, 7) is 0.967. The first-order chi connectivity index (χ1) is 14.1. The number of thioether (sulfide) groups is 1. The molecule has 4 aromatic rings. The summed E-state index contributed by atoms with van der Waals surface area (Å²) in [6, 6.07) is 13.2. The fourth-order valence-electron chi connectivity index (χ4n) is 3.61. The minimum atomic E-state index is -0.190. The Morgan fingerprint density at radius 1 is 1.24 bits per heavy atom. The van der Waals surface area contributed by atoms with Crippen LogP contribution in [0.3, 0.4) is 0 Å². The van der Waals surface area contributed by atoms with Crippen LogP contribution < -0.4 is 10.1 Å². The van der Waals surface area contributed by atoms with Gasteiger partial charge in [0.1, 0.15) is 0 Å². The SMILES string of the molecule is COc1c2ccc(C(=O)Nc3ccccc3-c3cn4c(n3)SCC4)cc2nn1C. The third-order valence-corrected chi connectivity index (χ3v) is 5.96. The molecule has 1 aliphatic rings. The van der Waals surface area contributed by atoms with Crippen LogP contribution in [0, 0.1) is 0 Å². The highest BCUT2D eigenvalue weighted by molar-refractivity contribution is 7.99. The monoisotopic (exact) mass is 405 g/mol. The molecule has 1 amide bonds. The summed E-state index contributed by atoms with van der Waals surface area (Å²) >= 11 is 1.75. The molecule has 0 aliphatic carbocycles. The Kier molecular flexibility index (Phi) is 4.28. The number of amides is 1. The van der Waals surface area contributed by atoms with E-state index in [4.69, 9.17) is 9.72 Å². The number of nitrogens with one attached hydrogen (secondary N) is 1. The van der Waals surface area contributed by atoms with Crippen LogP contribution >= 0.6 is 11.8 Å². The van der Waals surface area contributed by atoms with E-state index in [9.17, 15) is 4.79 Å². The molecule has 1 aliphatic heterocycles. The molecule has 0 saturated carbocycles. The molecule has 0 radical (unpaired) electrons. The lowest BCUT2D eigenvalue weighted by molar-refractivity contribution is 0.102. The maximum Gasteiger partial charge on any atom is 0.255 e. The average molecular weight is 405 g/mol. The summed E-state index contributed by atoms with van der Waals surface area (Å²) in [4.78, 5) is 17.6. The number of fused-ring (bicyclic) bond motifs is 2. The van der Waals surface area contributed by atoms with Crippen molar-refractivity contribution in [1.82, 2.24) is 19.3 Å². The number of benzene rings is 2. The number of rotatable bonds is 4. The Bertz CT molecular complexity index is 1220. The van der Waals surface area contributed by atoms with E-state index in [2.05, 4.69) is 15.0 Å². The molecule has 2 aromatic heterocycles. The Balaban J connectivity index is 1.46. The van der Waals surface area contributed by atoms with Gasteiger partial charge in [-0.05, 0) is 24.3 Å². The van der Waals surface area contributed by atoms with Crippen molar-refractivity contribution in [1.29, 1.82) is 0 Å². The molecule has 7 nitrogen and oxygen atoms in total. The number of aryl methyl sites for hydroxylation is 2. The van der Waals surface area contributed by atoms with Crippen molar-refractivity contribution < 1.29 is 9.53 Å². The summed E-state index contributed by atoms with van der Waals surface area (Å²) < 4.78 is 9.19. The zero-order chi connectivity index (χ0) is 20.0. The number of carbonyl (C=O) groups excluding carboxylic acids is 1. The van der Waals surface area contributed by atoms with Gasteiger partial charge < -0.3 is 14.6 Å². The minimum absolute atomic E-state index is 0.190. The van der Waals surface area contributed by atoms with E-state index in [1.807, 2.05) is 43.6 Å². The largest absolute Gasteiger partial charge is 0.481 e. The molecule has 2 aromatic carbocycles. The zero-order valence-electron chi connectivity index (χ0n) is 16.0. The molecule has 146 valence electrons. The van der Waals surface area contributed by atoms with E-state index in [0.717, 1.165) is 39.8 Å². The minimum Gasteiger partial charge on any atom is -0.481 e. The highest BCUT2D eigenvalue weighted by Gasteiger charge is 2.18. The predicted molar refractivity (Wildman–Crippen MR) is 114 cm³/mol. The molecule has 0 spiro atoms. The molecule has 5 rings (SSSR count). The first-order valence-corrected chi connectivity index (χ1v) is 10.2. The van der Waals surface area contributed by atoms with Crippen molar-refractivity contribution in [2.24, 2.45) is 7.05 Å². The van der Waals surface area contributed by atoms with Crippen molar-refractivity contribution in [2.45, 2.75) is 11.7 Å². The van der Waals surface area contributed by atoms with Gasteiger partial charge in [0.25, 0.3) is 5.91 Å². The lowest BCUT2D eigenvalue weighted by Gasteiger charge is -2.10. The number of imidazole rings is 1. The van der Waals surface area contributed by atoms with E-state index >= 15 is 0 Å². The van der Waals surface area contributed by atoms with Gasteiger partial charge in [0.05, 0.1) is 29.4 Å². The molecule has 0 atom stereocenters. The zero-order valence-corrected chi connectivity index (χ0v) is 16.9. The van der Waals surface area contributed by atoms with Gasteiger partial charge in [-0.2, -0.15) is 5.10 Å². The predicted octanol–water partition coefficient (Wildman–Crippen LogP) is 3.80. The highest BCUT2D eigenvalue weighted by Crippen LogP contribution is 2.33. The van der Waals surface area contributed by atoms with Gasteiger partial charge in [-0.25, -0.2) is 9.67 Å². The Hall–Kier alpha value is -3.26. The molecule has 8 heteroatoms. The molecule has 3 heterocycles. The molecular weight excluding hydrogens is 386 g/mol. The van der Waals surface area contributed by atoms with E-state index in [1.54, 1.807) is 35.7 Å². The van der Waals surface area contributed by atoms with Gasteiger partial charge in [-0.15, -0.1) is 0 Å². The van der Waals surface area contributed by atoms with Crippen molar-refractivity contribution in [3.05, 3.63) is 54.2 Å². The molecule has 0 unspecified atom stereocenters. The van der Waals surface area contributed by atoms with Gasteiger partial charge in [0, 0.05) is 36.7 Å². The van der Waals surface area contributed by atoms with Crippen LogP contribution in [0.2, 0.25) is 0 Å². The lowest BCUT2D eigenvalue weighted by Crippen LogP contribution is -2.12. The quantitative estimate of drug-likeness (QED) is 0.559. The summed E-state index contributed by atoms with van der Waals surface area (Å²) in [5.41, 5.74) is 3.76. The van der Waals surface area contributed by atoms with Crippen LogP contribution in [0.15, 0.2) is 53.8 Å². The van der Waals surface area contributed by atoms with Crippen molar-refractivity contribution >= 4 is 34.3 Å². The number of nitrogens with zero attached hydrogens (tertiary/aromatic N) is 4. The summed E-state index contributed by atoms with van der Waals surface area (Å²) in [5.74, 6) is 1.54. The number of para-hydroxylation sites is 1. The van der Waals surface area contributed by atoms with Crippen molar-refractivity contribution in [3.8, 4) is 17.1 Å². The highest BCUT2D eigenvalue weighted by atomic mass is 32.2. The summed E-state index contributed by atoms with van der Waals surface area (Å²) in [5, 5.41) is 9.35. The van der Waals surface area contributed by atoms with E-state index in [0.29, 0.717) is 17.0 Å². The van der Waals surface area contributed by atoms with Crippen LogP contribution in [0.4, 0.5) is 5.69 Å². The number of methoxy groups -OCH3 is 1. The topological polar surface area (TPSA) is 74.0 Å². The van der Waals surface area contributed by atoms with Crippen LogP contribution in [0.1, 0.15) is 10.4 Å². The number of hydrogen-bond donors (Lipinski definition) is 1. The number of ether oxygens (including phenoxy) is 1. The maximum atomic E-state index is 12.9. The van der Waals surface area contributed by atoms with Gasteiger partial charge in [0.15, 0.2) is 5.16 Å². The standard InChI is InChI=1S/C21H19N5O2S/c1-25-20(28-2)15-8-7-13(11-17(15)24-25)19(27)22-16-6-4-3-5-14(16)18-12-26-9-10-29-21(26)23-18/h3-8,11-12H,9-10H2,1-2H3,(H,22,27). The second-order valence-corrected chi connectivity index (χ2v) is 7.88. The molecule has 0 bridgehead atoms. The van der Waals surface area contributed by atoms with Crippen LogP contribution in [0.5, 0.6) is 5.88 Å². The van der Waals surface area contributed by atoms with Gasteiger partial charge in [-0.1, -0.05) is 30.0 Å². The van der Waals surface area contributed by atoms with Crippen LogP contribution in [-0.2, 0) is 13.6 Å². The van der Waals surface area contributed by atoms with Gasteiger partial charge in [-0.3, -0.25) is 4.79 Å². The van der Waals surface area contributed by atoms with E-state index in [-0.39, 0.29) is 5.91 Å². The fourth-order valence-corrected chi connectivity index (χ4v) is 4.55. The second-order valence-electron chi connectivity index (χ2n) is 6.82. The molecular formula is C21H19N5O2S. The Morgan fingerprint density at radius 3 is 2.93 bits per heavy atom. The van der Waals surface area contributed by atoms with E-state index < -0.39 is 0 Å². The second kappa shape index (κ2) is 6.97. The average Bonchev–Trinajstić information content (AvgIpc) is 3.40. The number of aromatic nitrogens is 4. The van der Waals surface area contributed by atoms with Gasteiger partial charge >= 0.3 is 0 Å². The molecule has 29 heavy (non-hydrogen) atoms. The van der Waals surface area contributed by atoms with E-state index in [1.165, 1.54) is 0 Å². The lowest BCUT2D eigenvalue weighted by atomic mass is 10.1. The number of carbonyl (C=O) groups is 1. The normalized spacial score (nSPS) is 12.9. The summed E-state index contributed by atoms with van der Waals surface area (Å²) in [6.07, 6.45) is 2.05. The smallest absolute Gasteiger partial charge is 0.255 e. The third kappa shape index (κ3) is 3.05. The third-order valence-electron chi connectivity index (χ3n) is 4.99. The summed E-state index contributed by atoms with van der Waals surface area (Å²) in [7, 11) is 3.42. The first kappa shape index (κ1) is 17.8. The van der Waals surface area contributed by atoms with Crippen LogP contribution in [-0.4, -0.2) is 38.1 Å². The number of anilines is 1. The fraction of sp³-hybridized carbons (Fsp3) is 0.190. The molecule has 0 saturated heterocycles. The maximum absolute atomic E-state index is 12.9. The van der Waals surface area contributed by atoms with Crippen molar-refractivity contribution in [2.75, 3.05) is 18.2 Å². The van der Waals surface area contributed by atoms with Gasteiger partial charge in [0.2, 0.25) is 5.88 Å².